The third kappa shape index (κ3) is 3.35. The number of nitrogen functional groups attached to an aromatic ring is 1. The number of pyridine rings is 1. The Morgan fingerprint density at radius 2 is 2.03 bits per heavy atom. The maximum Gasteiger partial charge on any atom is 0.147 e. The van der Waals surface area contributed by atoms with E-state index in [1.54, 1.807) is 23.7 Å². The molecule has 4 N–H and O–H groups in total. The summed E-state index contributed by atoms with van der Waals surface area (Å²) in [6, 6.07) is 1.98. The maximum atomic E-state index is 6.50. The molecular formula is C19H20ClN7S2. The first-order chi connectivity index (χ1) is 14.0. The van der Waals surface area contributed by atoms with Crippen molar-refractivity contribution in [3.05, 3.63) is 45.8 Å². The largest absolute Gasteiger partial charge is 0.382 e. The first-order valence-electron chi connectivity index (χ1n) is 9.33. The van der Waals surface area contributed by atoms with E-state index in [9.17, 15) is 0 Å². The van der Waals surface area contributed by atoms with Gasteiger partial charge in [0.2, 0.25) is 0 Å². The Labute approximate surface area is 181 Å². The molecule has 3 aromatic heterocycles. The van der Waals surface area contributed by atoms with Crippen molar-refractivity contribution in [3.8, 4) is 0 Å². The average Bonchev–Trinajstić information content (AvgIpc) is 3.30. The lowest BCUT2D eigenvalue weighted by Crippen LogP contribution is -2.54. The van der Waals surface area contributed by atoms with Gasteiger partial charge in [-0.3, -0.25) is 0 Å². The number of aryl methyl sites for hydroxylation is 1. The van der Waals surface area contributed by atoms with E-state index < -0.39 is 0 Å². The number of fused-ring (bicyclic) bond motifs is 1. The zero-order valence-electron chi connectivity index (χ0n) is 15.7. The van der Waals surface area contributed by atoms with Gasteiger partial charge in [0.15, 0.2) is 0 Å². The highest BCUT2D eigenvalue weighted by Crippen LogP contribution is 2.51. The highest BCUT2D eigenvalue weighted by Gasteiger charge is 2.55. The van der Waals surface area contributed by atoms with Crippen molar-refractivity contribution in [1.82, 2.24) is 19.9 Å². The molecular weight excluding hydrogens is 426 g/mol. The summed E-state index contributed by atoms with van der Waals surface area (Å²) in [5.74, 6) is 2.56. The molecule has 29 heavy (non-hydrogen) atoms. The number of aromatic nitrogens is 4. The molecule has 4 heterocycles. The molecule has 0 bridgehead atoms. The van der Waals surface area contributed by atoms with Crippen LogP contribution < -0.4 is 16.4 Å². The topological polar surface area (TPSA) is 107 Å². The molecule has 10 heteroatoms. The number of thiazole rings is 1. The third-order valence-electron chi connectivity index (χ3n) is 5.74. The summed E-state index contributed by atoms with van der Waals surface area (Å²) in [6.45, 7) is 3.89. The van der Waals surface area contributed by atoms with Crippen molar-refractivity contribution in [2.75, 3.05) is 23.7 Å². The molecule has 5 rings (SSSR count). The molecule has 1 aliphatic carbocycles. The van der Waals surface area contributed by atoms with E-state index >= 15 is 0 Å². The monoisotopic (exact) mass is 445 g/mol. The lowest BCUT2D eigenvalue weighted by Gasteiger charge is -2.44. The van der Waals surface area contributed by atoms with E-state index in [1.807, 2.05) is 19.2 Å². The molecule has 2 aliphatic rings. The van der Waals surface area contributed by atoms with E-state index in [0.29, 0.717) is 28.6 Å². The van der Waals surface area contributed by atoms with Gasteiger partial charge in [0.05, 0.1) is 22.4 Å². The van der Waals surface area contributed by atoms with Gasteiger partial charge in [-0.1, -0.05) is 23.4 Å². The number of rotatable bonds is 4. The van der Waals surface area contributed by atoms with Crippen LogP contribution in [0.1, 0.15) is 16.6 Å². The van der Waals surface area contributed by atoms with Crippen LogP contribution in [0.15, 0.2) is 40.0 Å². The number of hydrogen-bond donors (Lipinski definition) is 2. The Morgan fingerprint density at radius 3 is 2.76 bits per heavy atom. The SMILES string of the molecule is Cc1csc(C2C(N)[C@@H]3CN(c4cnc(Sc5ccnc(N)c5Cl)cn4)CC23)n1. The van der Waals surface area contributed by atoms with Crippen LogP contribution in [-0.2, 0) is 0 Å². The fourth-order valence-corrected chi connectivity index (χ4v) is 6.28. The molecule has 3 aromatic rings. The Morgan fingerprint density at radius 1 is 1.21 bits per heavy atom. The number of halogens is 1. The molecule has 0 aromatic carbocycles. The Bertz CT molecular complexity index is 1040. The van der Waals surface area contributed by atoms with Gasteiger partial charge < -0.3 is 16.4 Å². The number of nitrogens with zero attached hydrogens (tertiary/aromatic N) is 5. The zero-order valence-corrected chi connectivity index (χ0v) is 18.1. The van der Waals surface area contributed by atoms with Gasteiger partial charge in [0.1, 0.15) is 16.7 Å². The van der Waals surface area contributed by atoms with Crippen LogP contribution in [0.2, 0.25) is 5.02 Å². The van der Waals surface area contributed by atoms with E-state index in [0.717, 1.165) is 34.5 Å². The molecule has 3 unspecified atom stereocenters. The summed E-state index contributed by atoms with van der Waals surface area (Å²) in [7, 11) is 0. The van der Waals surface area contributed by atoms with Crippen molar-refractivity contribution < 1.29 is 0 Å². The van der Waals surface area contributed by atoms with Crippen molar-refractivity contribution >= 4 is 46.3 Å². The Hall–Kier alpha value is -1.94. The average molecular weight is 446 g/mol. The van der Waals surface area contributed by atoms with E-state index in [1.165, 1.54) is 16.8 Å². The predicted molar refractivity (Wildman–Crippen MR) is 117 cm³/mol. The van der Waals surface area contributed by atoms with Crippen LogP contribution in [-0.4, -0.2) is 39.1 Å². The van der Waals surface area contributed by atoms with Crippen molar-refractivity contribution in [1.29, 1.82) is 0 Å². The number of anilines is 2. The number of nitrogens with two attached hydrogens (primary N) is 2. The molecule has 0 spiro atoms. The summed E-state index contributed by atoms with van der Waals surface area (Å²) >= 11 is 9.36. The first-order valence-corrected chi connectivity index (χ1v) is 11.4. The molecule has 0 amide bonds. The van der Waals surface area contributed by atoms with Gasteiger partial charge in [-0.15, -0.1) is 11.3 Å². The van der Waals surface area contributed by atoms with E-state index in [2.05, 4.69) is 30.2 Å². The number of hydrogen-bond acceptors (Lipinski definition) is 9. The molecule has 0 radical (unpaired) electrons. The highest BCUT2D eigenvalue weighted by atomic mass is 35.5. The van der Waals surface area contributed by atoms with Crippen LogP contribution in [0, 0.1) is 18.8 Å². The van der Waals surface area contributed by atoms with Crippen molar-refractivity contribution in [3.63, 3.8) is 0 Å². The second-order valence-corrected chi connectivity index (χ2v) is 9.82. The minimum absolute atomic E-state index is 0.164. The summed E-state index contributed by atoms with van der Waals surface area (Å²) < 4.78 is 0. The lowest BCUT2D eigenvalue weighted by molar-refractivity contribution is 0.145. The smallest absolute Gasteiger partial charge is 0.147 e. The first kappa shape index (κ1) is 19.0. The normalized spacial score (nSPS) is 25.7. The van der Waals surface area contributed by atoms with Gasteiger partial charge >= 0.3 is 0 Å². The molecule has 2 fully saturated rings. The second kappa shape index (κ2) is 7.39. The molecule has 1 saturated heterocycles. The maximum absolute atomic E-state index is 6.50. The molecule has 7 nitrogen and oxygen atoms in total. The second-order valence-electron chi connectivity index (χ2n) is 7.49. The molecule has 4 atom stereocenters. The molecule has 150 valence electrons. The van der Waals surface area contributed by atoms with E-state index in [-0.39, 0.29) is 6.04 Å². The van der Waals surface area contributed by atoms with Crippen LogP contribution in [0.4, 0.5) is 11.6 Å². The highest BCUT2D eigenvalue weighted by molar-refractivity contribution is 7.99. The summed E-state index contributed by atoms with van der Waals surface area (Å²) in [5.41, 5.74) is 13.3. The molecule has 1 aliphatic heterocycles. The van der Waals surface area contributed by atoms with Gasteiger partial charge in [-0.05, 0) is 24.8 Å². The Kier molecular flexibility index (Phi) is 4.85. The lowest BCUT2D eigenvalue weighted by atomic mass is 9.63. The fourth-order valence-electron chi connectivity index (χ4n) is 4.27. The third-order valence-corrected chi connectivity index (χ3v) is 8.29. The van der Waals surface area contributed by atoms with Gasteiger partial charge in [0.25, 0.3) is 0 Å². The standard InChI is InChI=1S/C19H20ClN7S2/c1-9-8-28-19(26-9)15-10-6-27(7-11(10)17(15)21)13-4-25-14(5-24-13)29-12-2-3-23-18(22)16(12)20/h2-5,8,10-11,15,17H,6-7,21H2,1H3,(H2,22,23)/t10?,11-,15?,17?/m1/s1. The van der Waals surface area contributed by atoms with Crippen LogP contribution in [0.5, 0.6) is 0 Å². The van der Waals surface area contributed by atoms with Gasteiger partial charge in [-0.25, -0.2) is 19.9 Å². The fraction of sp³-hybridized carbons (Fsp3) is 0.368. The quantitative estimate of drug-likeness (QED) is 0.630. The van der Waals surface area contributed by atoms with Crippen LogP contribution in [0.3, 0.4) is 0 Å². The summed E-state index contributed by atoms with van der Waals surface area (Å²) in [6.07, 6.45) is 5.23. The van der Waals surface area contributed by atoms with Gasteiger partial charge in [0, 0.05) is 47.2 Å². The van der Waals surface area contributed by atoms with Crippen molar-refractivity contribution in [2.45, 2.75) is 28.8 Å². The predicted octanol–water partition coefficient (Wildman–Crippen LogP) is 3.20. The molecule has 1 saturated carbocycles. The summed E-state index contributed by atoms with van der Waals surface area (Å²) in [5, 5.41) is 4.48. The van der Waals surface area contributed by atoms with E-state index in [4.69, 9.17) is 23.1 Å². The summed E-state index contributed by atoms with van der Waals surface area (Å²) in [4.78, 5) is 20.9. The minimum atomic E-state index is 0.164. The Balaban J connectivity index is 1.28. The van der Waals surface area contributed by atoms with Crippen LogP contribution in [0.25, 0.3) is 0 Å². The zero-order chi connectivity index (χ0) is 20.1. The van der Waals surface area contributed by atoms with Crippen LogP contribution >= 0.6 is 34.7 Å². The van der Waals surface area contributed by atoms with Gasteiger partial charge in [-0.2, -0.15) is 0 Å². The van der Waals surface area contributed by atoms with Crippen molar-refractivity contribution in [2.24, 2.45) is 17.6 Å². The minimum Gasteiger partial charge on any atom is -0.382 e.